The SMILES string of the molecule is CC(=O)NC(C)(C)CCn1ncc(C(=O)NC2C3CC4CC2CC(CO)(C4)C3)c1OCC(C)C. The summed E-state index contributed by atoms with van der Waals surface area (Å²) in [7, 11) is 0. The van der Waals surface area contributed by atoms with E-state index in [4.69, 9.17) is 4.74 Å². The molecule has 0 radical (unpaired) electrons. The van der Waals surface area contributed by atoms with E-state index in [2.05, 4.69) is 29.6 Å². The minimum Gasteiger partial charge on any atom is -0.477 e. The summed E-state index contributed by atoms with van der Waals surface area (Å²) < 4.78 is 7.85. The van der Waals surface area contributed by atoms with Crippen LogP contribution in [0.3, 0.4) is 0 Å². The summed E-state index contributed by atoms with van der Waals surface area (Å²) in [5.74, 6) is 2.20. The predicted octanol–water partition coefficient (Wildman–Crippen LogP) is 3.14. The molecule has 2 atom stereocenters. The summed E-state index contributed by atoms with van der Waals surface area (Å²) in [6.45, 7) is 10.9. The molecule has 5 rings (SSSR count). The lowest BCUT2D eigenvalue weighted by molar-refractivity contribution is -0.120. The van der Waals surface area contributed by atoms with Crippen molar-refractivity contribution in [2.45, 2.75) is 91.3 Å². The van der Waals surface area contributed by atoms with E-state index in [1.54, 1.807) is 10.9 Å². The van der Waals surface area contributed by atoms with Crippen LogP contribution in [0, 0.1) is 29.1 Å². The lowest BCUT2D eigenvalue weighted by Gasteiger charge is -2.59. The van der Waals surface area contributed by atoms with Crippen molar-refractivity contribution in [2.24, 2.45) is 29.1 Å². The number of carbonyl (C=O) groups is 2. The summed E-state index contributed by atoms with van der Waals surface area (Å²) >= 11 is 0. The van der Waals surface area contributed by atoms with Gasteiger partial charge in [-0.05, 0) is 81.5 Å². The van der Waals surface area contributed by atoms with Crippen LogP contribution in [0.5, 0.6) is 5.88 Å². The molecule has 190 valence electrons. The van der Waals surface area contributed by atoms with E-state index in [9.17, 15) is 14.7 Å². The minimum atomic E-state index is -0.390. The average molecular weight is 475 g/mol. The number of hydrogen-bond acceptors (Lipinski definition) is 5. The molecule has 4 bridgehead atoms. The number of carbonyl (C=O) groups excluding carboxylic acids is 2. The maximum atomic E-state index is 13.5. The molecule has 0 aromatic carbocycles. The molecule has 34 heavy (non-hydrogen) atoms. The van der Waals surface area contributed by atoms with Gasteiger partial charge in [0.2, 0.25) is 11.8 Å². The van der Waals surface area contributed by atoms with E-state index in [-0.39, 0.29) is 29.9 Å². The van der Waals surface area contributed by atoms with Gasteiger partial charge in [-0.1, -0.05) is 13.8 Å². The van der Waals surface area contributed by atoms with E-state index >= 15 is 0 Å². The molecule has 1 aromatic rings. The highest BCUT2D eigenvalue weighted by Gasteiger charge is 2.55. The molecule has 2 amide bonds. The summed E-state index contributed by atoms with van der Waals surface area (Å²) in [4.78, 5) is 25.0. The largest absolute Gasteiger partial charge is 0.477 e. The minimum absolute atomic E-state index is 0.0690. The first kappa shape index (κ1) is 25.0. The van der Waals surface area contributed by atoms with Gasteiger partial charge in [-0.2, -0.15) is 5.10 Å². The third kappa shape index (κ3) is 5.26. The van der Waals surface area contributed by atoms with E-state index < -0.39 is 5.54 Å². The number of ether oxygens (including phenoxy) is 1. The highest BCUT2D eigenvalue weighted by molar-refractivity contribution is 5.96. The monoisotopic (exact) mass is 474 g/mol. The van der Waals surface area contributed by atoms with Gasteiger partial charge in [-0.15, -0.1) is 0 Å². The quantitative estimate of drug-likeness (QED) is 0.483. The van der Waals surface area contributed by atoms with Gasteiger partial charge in [0.05, 0.1) is 12.8 Å². The van der Waals surface area contributed by atoms with Crippen LogP contribution in [0.2, 0.25) is 0 Å². The second-order valence-electron chi connectivity index (χ2n) is 12.2. The first-order valence-electron chi connectivity index (χ1n) is 12.9. The Hall–Kier alpha value is -2.09. The third-order valence-electron chi connectivity index (χ3n) is 8.09. The van der Waals surface area contributed by atoms with E-state index in [1.165, 1.54) is 6.92 Å². The van der Waals surface area contributed by atoms with Crippen LogP contribution in [0.4, 0.5) is 0 Å². The molecule has 3 N–H and O–H groups in total. The molecule has 0 spiro atoms. The predicted molar refractivity (Wildman–Crippen MR) is 129 cm³/mol. The molecule has 4 saturated carbocycles. The fourth-order valence-corrected chi connectivity index (χ4v) is 6.86. The van der Waals surface area contributed by atoms with Crippen molar-refractivity contribution in [2.75, 3.05) is 13.2 Å². The third-order valence-corrected chi connectivity index (χ3v) is 8.09. The van der Waals surface area contributed by atoms with Gasteiger partial charge in [0.1, 0.15) is 5.56 Å². The van der Waals surface area contributed by atoms with Gasteiger partial charge >= 0.3 is 0 Å². The fraction of sp³-hybridized carbons (Fsp3) is 0.808. The van der Waals surface area contributed by atoms with Crippen molar-refractivity contribution in [1.82, 2.24) is 20.4 Å². The number of aliphatic hydroxyl groups is 1. The van der Waals surface area contributed by atoms with Crippen molar-refractivity contribution < 1.29 is 19.4 Å². The summed E-state index contributed by atoms with van der Waals surface area (Å²) in [5.41, 5.74) is 0.164. The maximum absolute atomic E-state index is 13.5. The van der Waals surface area contributed by atoms with Crippen LogP contribution in [0.1, 0.15) is 83.5 Å². The number of aliphatic hydroxyl groups excluding tert-OH is 1. The fourth-order valence-electron chi connectivity index (χ4n) is 6.86. The maximum Gasteiger partial charge on any atom is 0.258 e. The molecule has 4 aliphatic carbocycles. The van der Waals surface area contributed by atoms with Crippen molar-refractivity contribution in [3.8, 4) is 5.88 Å². The molecule has 1 aromatic heterocycles. The molecule has 0 aliphatic heterocycles. The Kier molecular flexibility index (Phi) is 7.00. The van der Waals surface area contributed by atoms with Crippen LogP contribution >= 0.6 is 0 Å². The molecule has 1 heterocycles. The second-order valence-corrected chi connectivity index (χ2v) is 12.2. The number of nitrogens with one attached hydrogen (secondary N) is 2. The molecule has 4 aliphatic rings. The van der Waals surface area contributed by atoms with Gasteiger partial charge < -0.3 is 20.5 Å². The van der Waals surface area contributed by atoms with Crippen LogP contribution in [0.25, 0.3) is 0 Å². The van der Waals surface area contributed by atoms with Crippen molar-refractivity contribution >= 4 is 11.8 Å². The molecule has 4 fully saturated rings. The summed E-state index contributed by atoms with van der Waals surface area (Å²) in [6, 6.07) is 0.156. The number of rotatable bonds is 10. The van der Waals surface area contributed by atoms with E-state index in [1.807, 2.05) is 13.8 Å². The number of hydrogen-bond donors (Lipinski definition) is 3. The van der Waals surface area contributed by atoms with Crippen molar-refractivity contribution in [3.05, 3.63) is 11.8 Å². The van der Waals surface area contributed by atoms with Gasteiger partial charge in [-0.3, -0.25) is 9.59 Å². The van der Waals surface area contributed by atoms with Crippen LogP contribution in [-0.2, 0) is 11.3 Å². The zero-order valence-corrected chi connectivity index (χ0v) is 21.4. The first-order chi connectivity index (χ1) is 16.0. The Bertz CT molecular complexity index is 893. The van der Waals surface area contributed by atoms with E-state index in [0.29, 0.717) is 54.7 Å². The number of nitrogens with zero attached hydrogens (tertiary/aromatic N) is 2. The lowest BCUT2D eigenvalue weighted by Crippen LogP contribution is -2.60. The summed E-state index contributed by atoms with van der Waals surface area (Å²) in [6.07, 6.45) is 7.73. The normalized spacial score (nSPS) is 30.0. The molecule has 0 saturated heterocycles. The zero-order valence-electron chi connectivity index (χ0n) is 21.4. The first-order valence-corrected chi connectivity index (χ1v) is 12.9. The Morgan fingerprint density at radius 3 is 2.53 bits per heavy atom. The number of aryl methyl sites for hydroxylation is 1. The molecular weight excluding hydrogens is 432 g/mol. The highest BCUT2D eigenvalue weighted by atomic mass is 16.5. The Morgan fingerprint density at radius 1 is 1.26 bits per heavy atom. The highest BCUT2D eigenvalue weighted by Crippen LogP contribution is 2.59. The van der Waals surface area contributed by atoms with Crippen molar-refractivity contribution in [3.63, 3.8) is 0 Å². The molecule has 8 heteroatoms. The van der Waals surface area contributed by atoms with Gasteiger partial charge in [-0.25, -0.2) is 4.68 Å². The number of aromatic nitrogens is 2. The Labute approximate surface area is 203 Å². The topological polar surface area (TPSA) is 105 Å². The lowest BCUT2D eigenvalue weighted by atomic mass is 9.48. The molecular formula is C26H42N4O4. The average Bonchev–Trinajstić information content (AvgIpc) is 3.15. The van der Waals surface area contributed by atoms with Gasteiger partial charge in [0.25, 0.3) is 5.91 Å². The second kappa shape index (κ2) is 9.51. The summed E-state index contributed by atoms with van der Waals surface area (Å²) in [5, 5.41) is 20.8. The van der Waals surface area contributed by atoms with Crippen molar-refractivity contribution in [1.29, 1.82) is 0 Å². The Balaban J connectivity index is 1.48. The smallest absolute Gasteiger partial charge is 0.258 e. The van der Waals surface area contributed by atoms with Crippen LogP contribution < -0.4 is 15.4 Å². The molecule has 2 unspecified atom stereocenters. The standard InChI is InChI=1S/C26H42N4O4/c1-16(2)14-34-24-21(13-27-30(24)7-6-25(4,5)29-17(3)32)23(33)28-22-19-8-18-9-20(22)12-26(10-18,11-19)15-31/h13,16,18-20,22,31H,6-12,14-15H2,1-5H3,(H,28,33)(H,29,32). The van der Waals surface area contributed by atoms with Crippen LogP contribution in [0.15, 0.2) is 6.20 Å². The molecule has 8 nitrogen and oxygen atoms in total. The van der Waals surface area contributed by atoms with Gasteiger partial charge in [0.15, 0.2) is 0 Å². The Morgan fingerprint density at radius 2 is 1.94 bits per heavy atom. The van der Waals surface area contributed by atoms with Crippen LogP contribution in [-0.4, -0.2) is 51.5 Å². The van der Waals surface area contributed by atoms with E-state index in [0.717, 1.165) is 32.1 Å². The number of amides is 2. The zero-order chi connectivity index (χ0) is 24.7. The van der Waals surface area contributed by atoms with Gasteiger partial charge in [0, 0.05) is 31.7 Å².